The SMILES string of the molecule is CS(=O)(=O)CCNCCOc1cc(Cl)c(Cl)cc1Cl. The van der Waals surface area contributed by atoms with Gasteiger partial charge in [0, 0.05) is 25.4 Å². The van der Waals surface area contributed by atoms with Crippen LogP contribution in [0.15, 0.2) is 12.1 Å². The molecule has 108 valence electrons. The first kappa shape index (κ1) is 16.9. The number of hydrogen-bond acceptors (Lipinski definition) is 4. The Morgan fingerprint density at radius 1 is 1.11 bits per heavy atom. The molecule has 0 saturated carbocycles. The maximum Gasteiger partial charge on any atom is 0.148 e. The van der Waals surface area contributed by atoms with Gasteiger partial charge in [0.1, 0.15) is 22.2 Å². The minimum Gasteiger partial charge on any atom is -0.491 e. The lowest BCUT2D eigenvalue weighted by atomic mass is 10.3. The van der Waals surface area contributed by atoms with E-state index in [1.54, 1.807) is 6.07 Å². The average molecular weight is 347 g/mol. The highest BCUT2D eigenvalue weighted by Gasteiger charge is 2.07. The minimum absolute atomic E-state index is 0.0977. The molecule has 1 rings (SSSR count). The van der Waals surface area contributed by atoms with Crippen LogP contribution < -0.4 is 10.1 Å². The van der Waals surface area contributed by atoms with E-state index in [0.29, 0.717) is 40.5 Å². The standard InChI is InChI=1S/C11H14Cl3NO3S/c1-19(16,17)5-3-15-2-4-18-11-7-9(13)8(12)6-10(11)14/h6-7,15H,2-5H2,1H3. The lowest BCUT2D eigenvalue weighted by Gasteiger charge is -2.09. The van der Waals surface area contributed by atoms with Crippen molar-refractivity contribution in [1.29, 1.82) is 0 Å². The molecule has 0 aromatic heterocycles. The van der Waals surface area contributed by atoms with Gasteiger partial charge in [-0.15, -0.1) is 0 Å². The highest BCUT2D eigenvalue weighted by Crippen LogP contribution is 2.33. The molecule has 0 atom stereocenters. The van der Waals surface area contributed by atoms with E-state index in [4.69, 9.17) is 39.5 Å². The van der Waals surface area contributed by atoms with Gasteiger partial charge in [0.25, 0.3) is 0 Å². The molecule has 8 heteroatoms. The van der Waals surface area contributed by atoms with Crippen LogP contribution in [0.3, 0.4) is 0 Å². The topological polar surface area (TPSA) is 55.4 Å². The number of sulfone groups is 1. The normalized spacial score (nSPS) is 11.6. The molecule has 0 radical (unpaired) electrons. The molecule has 1 aromatic carbocycles. The second kappa shape index (κ2) is 7.55. The Bertz CT molecular complexity index is 534. The van der Waals surface area contributed by atoms with Crippen molar-refractivity contribution in [3.8, 4) is 5.75 Å². The minimum atomic E-state index is -2.94. The molecule has 19 heavy (non-hydrogen) atoms. The Morgan fingerprint density at radius 2 is 1.74 bits per heavy atom. The lowest BCUT2D eigenvalue weighted by Crippen LogP contribution is -2.26. The van der Waals surface area contributed by atoms with Crippen molar-refractivity contribution in [1.82, 2.24) is 5.32 Å². The van der Waals surface area contributed by atoms with Gasteiger partial charge in [-0.25, -0.2) is 8.42 Å². The van der Waals surface area contributed by atoms with E-state index < -0.39 is 9.84 Å². The van der Waals surface area contributed by atoms with Crippen molar-refractivity contribution in [3.63, 3.8) is 0 Å². The van der Waals surface area contributed by atoms with E-state index in [0.717, 1.165) is 0 Å². The smallest absolute Gasteiger partial charge is 0.148 e. The van der Waals surface area contributed by atoms with E-state index in [-0.39, 0.29) is 5.75 Å². The first-order chi connectivity index (χ1) is 8.79. The first-order valence-electron chi connectivity index (χ1n) is 5.45. The molecule has 0 fully saturated rings. The van der Waals surface area contributed by atoms with Gasteiger partial charge in [0.2, 0.25) is 0 Å². The molecule has 4 nitrogen and oxygen atoms in total. The molecule has 0 amide bonds. The zero-order valence-electron chi connectivity index (χ0n) is 10.3. The maximum absolute atomic E-state index is 10.9. The molecule has 0 bridgehead atoms. The summed E-state index contributed by atoms with van der Waals surface area (Å²) in [5, 5.41) is 4.06. The Kier molecular flexibility index (Phi) is 6.69. The van der Waals surface area contributed by atoms with E-state index in [9.17, 15) is 8.42 Å². The fraction of sp³-hybridized carbons (Fsp3) is 0.455. The highest BCUT2D eigenvalue weighted by atomic mass is 35.5. The number of nitrogens with one attached hydrogen (secondary N) is 1. The summed E-state index contributed by atoms with van der Waals surface area (Å²) in [5.74, 6) is 0.543. The van der Waals surface area contributed by atoms with Crippen molar-refractivity contribution < 1.29 is 13.2 Å². The second-order valence-corrected chi connectivity index (χ2v) is 7.41. The van der Waals surface area contributed by atoms with Crippen LogP contribution in [0.2, 0.25) is 15.1 Å². The van der Waals surface area contributed by atoms with Crippen molar-refractivity contribution in [2.45, 2.75) is 0 Å². The average Bonchev–Trinajstić information content (AvgIpc) is 2.28. The number of ether oxygens (including phenoxy) is 1. The number of hydrogen-bond donors (Lipinski definition) is 1. The van der Waals surface area contributed by atoms with Gasteiger partial charge in [0.15, 0.2) is 0 Å². The van der Waals surface area contributed by atoms with E-state index in [1.165, 1.54) is 12.3 Å². The van der Waals surface area contributed by atoms with Gasteiger partial charge < -0.3 is 10.1 Å². The molecule has 0 aliphatic heterocycles. The largest absolute Gasteiger partial charge is 0.491 e. The third-order valence-electron chi connectivity index (χ3n) is 2.16. The van der Waals surface area contributed by atoms with Crippen molar-refractivity contribution in [3.05, 3.63) is 27.2 Å². The summed E-state index contributed by atoms with van der Waals surface area (Å²) < 4.78 is 27.2. The zero-order chi connectivity index (χ0) is 14.5. The summed E-state index contributed by atoms with van der Waals surface area (Å²) in [4.78, 5) is 0. The van der Waals surface area contributed by atoms with Crippen LogP contribution in [0.5, 0.6) is 5.75 Å². The van der Waals surface area contributed by atoms with Gasteiger partial charge in [-0.2, -0.15) is 0 Å². The summed E-state index contributed by atoms with van der Waals surface area (Å²) in [5.41, 5.74) is 0. The number of halogens is 3. The molecule has 1 aromatic rings. The fourth-order valence-corrected chi connectivity index (χ4v) is 2.34. The second-order valence-electron chi connectivity index (χ2n) is 3.93. The van der Waals surface area contributed by atoms with Gasteiger partial charge in [-0.1, -0.05) is 34.8 Å². The molecular weight excluding hydrogens is 333 g/mol. The van der Waals surface area contributed by atoms with Crippen LogP contribution in [0, 0.1) is 0 Å². The van der Waals surface area contributed by atoms with Crippen molar-refractivity contribution in [2.24, 2.45) is 0 Å². The van der Waals surface area contributed by atoms with Gasteiger partial charge in [-0.3, -0.25) is 0 Å². The molecule has 0 saturated heterocycles. The summed E-state index contributed by atoms with van der Waals surface area (Å²) >= 11 is 17.6. The molecular formula is C11H14Cl3NO3S. The monoisotopic (exact) mass is 345 g/mol. The van der Waals surface area contributed by atoms with Crippen LogP contribution in [-0.4, -0.2) is 40.1 Å². The molecule has 0 spiro atoms. The molecule has 0 aliphatic rings. The van der Waals surface area contributed by atoms with Gasteiger partial charge in [0.05, 0.1) is 20.8 Å². The first-order valence-corrected chi connectivity index (χ1v) is 8.65. The predicted molar refractivity (Wildman–Crippen MR) is 79.5 cm³/mol. The third-order valence-corrected chi connectivity index (χ3v) is 4.12. The van der Waals surface area contributed by atoms with Crippen molar-refractivity contribution >= 4 is 44.6 Å². The quantitative estimate of drug-likeness (QED) is 0.609. The summed E-state index contributed by atoms with van der Waals surface area (Å²) in [6.45, 7) is 1.24. The third kappa shape index (κ3) is 6.68. The van der Waals surface area contributed by atoms with Crippen LogP contribution in [0.1, 0.15) is 0 Å². The molecule has 0 unspecified atom stereocenters. The van der Waals surface area contributed by atoms with E-state index >= 15 is 0 Å². The van der Waals surface area contributed by atoms with Crippen molar-refractivity contribution in [2.75, 3.05) is 31.7 Å². The Labute approximate surface area is 127 Å². The maximum atomic E-state index is 10.9. The summed E-state index contributed by atoms with van der Waals surface area (Å²) in [7, 11) is -2.94. The van der Waals surface area contributed by atoms with Gasteiger partial charge >= 0.3 is 0 Å². The predicted octanol–water partition coefficient (Wildman–Crippen LogP) is 2.66. The van der Waals surface area contributed by atoms with E-state index in [1.807, 2.05) is 0 Å². The van der Waals surface area contributed by atoms with Crippen LogP contribution in [0.25, 0.3) is 0 Å². The Morgan fingerprint density at radius 3 is 2.37 bits per heavy atom. The summed E-state index contributed by atoms with van der Waals surface area (Å²) in [6, 6.07) is 3.06. The fourth-order valence-electron chi connectivity index (χ4n) is 1.23. The van der Waals surface area contributed by atoms with Crippen LogP contribution in [-0.2, 0) is 9.84 Å². The Hall–Kier alpha value is -0.200. The molecule has 0 heterocycles. The summed E-state index contributed by atoms with van der Waals surface area (Å²) in [6.07, 6.45) is 1.20. The van der Waals surface area contributed by atoms with Gasteiger partial charge in [-0.05, 0) is 6.07 Å². The van der Waals surface area contributed by atoms with E-state index in [2.05, 4.69) is 5.32 Å². The molecule has 1 N–H and O–H groups in total. The van der Waals surface area contributed by atoms with Crippen LogP contribution in [0.4, 0.5) is 0 Å². The molecule has 0 aliphatic carbocycles. The number of rotatable bonds is 7. The van der Waals surface area contributed by atoms with Crippen LogP contribution >= 0.6 is 34.8 Å². The lowest BCUT2D eigenvalue weighted by molar-refractivity contribution is 0.315. The highest BCUT2D eigenvalue weighted by molar-refractivity contribution is 7.90. The number of benzene rings is 1. The Balaban J connectivity index is 2.32. The zero-order valence-corrected chi connectivity index (χ0v) is 13.3.